The van der Waals surface area contributed by atoms with E-state index in [1.165, 1.54) is 23.0 Å². The Hall–Kier alpha value is -1.01. The predicted octanol–water partition coefficient (Wildman–Crippen LogP) is 1.85. The van der Waals surface area contributed by atoms with Gasteiger partial charge in [-0.15, -0.1) is 0 Å². The van der Waals surface area contributed by atoms with Crippen molar-refractivity contribution in [1.29, 1.82) is 0 Å². The highest BCUT2D eigenvalue weighted by atomic mass is 19.4. The molecule has 0 spiro atoms. The van der Waals surface area contributed by atoms with Crippen LogP contribution < -0.4 is 0 Å². The number of aliphatic hydroxyl groups is 2. The molecule has 3 nitrogen and oxygen atoms in total. The first-order valence-electron chi connectivity index (χ1n) is 4.89. The summed E-state index contributed by atoms with van der Waals surface area (Å²) >= 11 is 0. The smallest absolute Gasteiger partial charge is 0.393 e. The topological polar surface area (TPSA) is 45.4 Å². The first kappa shape index (κ1) is 13.1. The highest BCUT2D eigenvalue weighted by molar-refractivity contribution is 5.15. The van der Waals surface area contributed by atoms with Crippen LogP contribution in [0.5, 0.6) is 0 Å². The molecule has 0 aliphatic carbocycles. The van der Waals surface area contributed by atoms with E-state index in [9.17, 15) is 13.2 Å². The third-order valence-corrected chi connectivity index (χ3v) is 2.20. The number of hydrogen-bond acceptors (Lipinski definition) is 2. The van der Waals surface area contributed by atoms with Crippen LogP contribution in [0.25, 0.3) is 0 Å². The summed E-state index contributed by atoms with van der Waals surface area (Å²) in [6.07, 6.45) is -4.45. The standard InChI is InChI=1S/C10H14F3NO2/c1-7(15)2-4-14-5-3-8(6-14)9(16)10(11,12)13/h3,5-7,9,15-16H,2,4H2,1H3. The fourth-order valence-electron chi connectivity index (χ4n) is 1.29. The van der Waals surface area contributed by atoms with E-state index in [-0.39, 0.29) is 5.56 Å². The molecule has 1 aromatic rings. The van der Waals surface area contributed by atoms with Gasteiger partial charge >= 0.3 is 6.18 Å². The van der Waals surface area contributed by atoms with Crippen LogP contribution in [0.2, 0.25) is 0 Å². The van der Waals surface area contributed by atoms with Gasteiger partial charge in [-0.1, -0.05) is 0 Å². The number of halogens is 3. The monoisotopic (exact) mass is 237 g/mol. The molecule has 0 amide bonds. The van der Waals surface area contributed by atoms with Gasteiger partial charge in [0.25, 0.3) is 0 Å². The largest absolute Gasteiger partial charge is 0.418 e. The second-order valence-electron chi connectivity index (χ2n) is 3.76. The highest BCUT2D eigenvalue weighted by Gasteiger charge is 2.39. The van der Waals surface area contributed by atoms with Gasteiger partial charge in [0.2, 0.25) is 0 Å². The first-order chi connectivity index (χ1) is 7.30. The summed E-state index contributed by atoms with van der Waals surface area (Å²) in [5.41, 5.74) is -0.182. The fourth-order valence-corrected chi connectivity index (χ4v) is 1.29. The Morgan fingerprint density at radius 1 is 1.38 bits per heavy atom. The minimum atomic E-state index is -4.64. The van der Waals surface area contributed by atoms with Crippen molar-refractivity contribution in [3.63, 3.8) is 0 Å². The Morgan fingerprint density at radius 2 is 2.00 bits per heavy atom. The SMILES string of the molecule is CC(O)CCn1ccc(C(O)C(F)(F)F)c1. The highest BCUT2D eigenvalue weighted by Crippen LogP contribution is 2.32. The van der Waals surface area contributed by atoms with Gasteiger partial charge in [-0.2, -0.15) is 13.2 Å². The van der Waals surface area contributed by atoms with Crippen molar-refractivity contribution in [3.05, 3.63) is 24.0 Å². The van der Waals surface area contributed by atoms with Crippen molar-refractivity contribution >= 4 is 0 Å². The van der Waals surface area contributed by atoms with Crippen molar-refractivity contribution in [2.24, 2.45) is 0 Å². The molecule has 16 heavy (non-hydrogen) atoms. The molecule has 0 saturated carbocycles. The van der Waals surface area contributed by atoms with Crippen molar-refractivity contribution in [3.8, 4) is 0 Å². The van der Waals surface area contributed by atoms with Crippen molar-refractivity contribution in [1.82, 2.24) is 4.57 Å². The first-order valence-corrected chi connectivity index (χ1v) is 4.89. The molecule has 0 fully saturated rings. The quantitative estimate of drug-likeness (QED) is 0.839. The number of aliphatic hydroxyl groups excluding tert-OH is 2. The number of rotatable bonds is 4. The van der Waals surface area contributed by atoms with E-state index in [1.807, 2.05) is 0 Å². The molecule has 1 aromatic heterocycles. The number of nitrogens with zero attached hydrogens (tertiary/aromatic N) is 1. The molecular weight excluding hydrogens is 223 g/mol. The van der Waals surface area contributed by atoms with E-state index in [0.717, 1.165) is 0 Å². The summed E-state index contributed by atoms with van der Waals surface area (Å²) < 4.78 is 38.0. The van der Waals surface area contributed by atoms with Crippen LogP contribution in [0.1, 0.15) is 25.0 Å². The van der Waals surface area contributed by atoms with Crippen LogP contribution in [-0.4, -0.2) is 27.1 Å². The molecule has 0 aliphatic rings. The third-order valence-electron chi connectivity index (χ3n) is 2.20. The third kappa shape index (κ3) is 3.53. The van der Waals surface area contributed by atoms with Gasteiger partial charge in [0.05, 0.1) is 6.10 Å². The van der Waals surface area contributed by atoms with Gasteiger partial charge in [-0.05, 0) is 19.4 Å². The number of aryl methyl sites for hydroxylation is 1. The maximum atomic E-state index is 12.2. The summed E-state index contributed by atoms with van der Waals surface area (Å²) in [6.45, 7) is 2.03. The Morgan fingerprint density at radius 3 is 2.50 bits per heavy atom. The molecule has 6 heteroatoms. The summed E-state index contributed by atoms with van der Waals surface area (Å²) in [6, 6.07) is 1.22. The van der Waals surface area contributed by atoms with Crippen molar-refractivity contribution in [2.75, 3.05) is 0 Å². The van der Waals surface area contributed by atoms with Gasteiger partial charge in [0.1, 0.15) is 0 Å². The molecule has 0 bridgehead atoms. The van der Waals surface area contributed by atoms with Crippen molar-refractivity contribution < 1.29 is 23.4 Å². The van der Waals surface area contributed by atoms with Crippen LogP contribution in [0, 0.1) is 0 Å². The molecule has 0 saturated heterocycles. The zero-order valence-electron chi connectivity index (χ0n) is 8.78. The molecule has 0 aromatic carbocycles. The number of aromatic nitrogens is 1. The van der Waals surface area contributed by atoms with Gasteiger partial charge in [0, 0.05) is 24.5 Å². The van der Waals surface area contributed by atoms with Gasteiger partial charge in [0.15, 0.2) is 6.10 Å². The lowest BCUT2D eigenvalue weighted by Crippen LogP contribution is -2.19. The van der Waals surface area contributed by atoms with Gasteiger partial charge in [-0.25, -0.2) is 0 Å². The van der Waals surface area contributed by atoms with Crippen LogP contribution in [-0.2, 0) is 6.54 Å². The number of hydrogen-bond donors (Lipinski definition) is 2. The van der Waals surface area contributed by atoms with E-state index < -0.39 is 18.4 Å². The summed E-state index contributed by atoms with van der Waals surface area (Å²) in [4.78, 5) is 0. The average molecular weight is 237 g/mol. The molecule has 0 aliphatic heterocycles. The van der Waals surface area contributed by atoms with Crippen LogP contribution in [0.3, 0.4) is 0 Å². The van der Waals surface area contributed by atoms with Gasteiger partial charge in [-0.3, -0.25) is 0 Å². The predicted molar refractivity (Wildman–Crippen MR) is 51.7 cm³/mol. The Kier molecular flexibility index (Phi) is 3.98. The van der Waals surface area contributed by atoms with Gasteiger partial charge < -0.3 is 14.8 Å². The Balaban J connectivity index is 2.64. The maximum Gasteiger partial charge on any atom is 0.418 e. The maximum absolute atomic E-state index is 12.2. The summed E-state index contributed by atoms with van der Waals surface area (Å²) in [5, 5.41) is 18.0. The molecular formula is C10H14F3NO2. The lowest BCUT2D eigenvalue weighted by Gasteiger charge is -2.12. The minimum Gasteiger partial charge on any atom is -0.393 e. The van der Waals surface area contributed by atoms with Crippen molar-refractivity contribution in [2.45, 2.75) is 38.3 Å². The van der Waals surface area contributed by atoms with E-state index in [0.29, 0.717) is 13.0 Å². The van der Waals surface area contributed by atoms with E-state index in [1.54, 1.807) is 6.92 Å². The van der Waals surface area contributed by atoms with E-state index in [4.69, 9.17) is 10.2 Å². The zero-order chi connectivity index (χ0) is 12.3. The lowest BCUT2D eigenvalue weighted by atomic mass is 10.2. The van der Waals surface area contributed by atoms with Crippen LogP contribution >= 0.6 is 0 Å². The summed E-state index contributed by atoms with van der Waals surface area (Å²) in [5.74, 6) is 0. The van der Waals surface area contributed by atoms with E-state index in [2.05, 4.69) is 0 Å². The lowest BCUT2D eigenvalue weighted by molar-refractivity contribution is -0.206. The second-order valence-corrected chi connectivity index (χ2v) is 3.76. The Labute approximate surface area is 91.1 Å². The normalized spacial score (nSPS) is 16.1. The molecule has 92 valence electrons. The minimum absolute atomic E-state index is 0.182. The fraction of sp³-hybridized carbons (Fsp3) is 0.600. The molecule has 1 heterocycles. The molecule has 1 rings (SSSR count). The second kappa shape index (κ2) is 4.88. The van der Waals surface area contributed by atoms with Crippen LogP contribution in [0.15, 0.2) is 18.5 Å². The van der Waals surface area contributed by atoms with E-state index >= 15 is 0 Å². The average Bonchev–Trinajstić information content (AvgIpc) is 2.60. The molecule has 2 unspecified atom stereocenters. The molecule has 2 atom stereocenters. The molecule has 0 radical (unpaired) electrons. The molecule has 2 N–H and O–H groups in total. The zero-order valence-corrected chi connectivity index (χ0v) is 8.78. The van der Waals surface area contributed by atoms with Crippen LogP contribution in [0.4, 0.5) is 13.2 Å². The summed E-state index contributed by atoms with van der Waals surface area (Å²) in [7, 11) is 0. The Bertz CT molecular complexity index is 333. The number of alkyl halides is 3.